The number of benzene rings is 1. The van der Waals surface area contributed by atoms with Crippen LogP contribution in [-0.4, -0.2) is 29.9 Å². The lowest BCUT2D eigenvalue weighted by Crippen LogP contribution is -2.45. The van der Waals surface area contributed by atoms with Gasteiger partial charge < -0.3 is 10.2 Å². The molecule has 0 spiro atoms. The Morgan fingerprint density at radius 3 is 2.62 bits per heavy atom. The Bertz CT molecular complexity index is 494. The largest absolute Gasteiger partial charge is 0.342 e. The molecule has 116 valence electrons. The first-order chi connectivity index (χ1) is 9.97. The maximum absolute atomic E-state index is 11.9. The Labute approximate surface area is 132 Å². The van der Waals surface area contributed by atoms with Gasteiger partial charge in [-0.05, 0) is 37.0 Å². The van der Waals surface area contributed by atoms with Gasteiger partial charge in [0.15, 0.2) is 0 Å². The van der Waals surface area contributed by atoms with Gasteiger partial charge in [0.2, 0.25) is 5.91 Å². The molecule has 4 heteroatoms. The zero-order valence-electron chi connectivity index (χ0n) is 13.2. The van der Waals surface area contributed by atoms with Crippen molar-refractivity contribution < 1.29 is 4.79 Å². The molecule has 0 radical (unpaired) electrons. The van der Waals surface area contributed by atoms with Gasteiger partial charge >= 0.3 is 0 Å². The molecule has 1 aromatic carbocycles. The molecule has 0 bridgehead atoms. The van der Waals surface area contributed by atoms with E-state index < -0.39 is 0 Å². The zero-order valence-corrected chi connectivity index (χ0v) is 13.9. The van der Waals surface area contributed by atoms with E-state index in [0.29, 0.717) is 6.04 Å². The van der Waals surface area contributed by atoms with Crippen molar-refractivity contribution in [1.29, 1.82) is 0 Å². The van der Waals surface area contributed by atoms with E-state index in [1.165, 1.54) is 5.56 Å². The van der Waals surface area contributed by atoms with E-state index in [-0.39, 0.29) is 11.8 Å². The second-order valence-corrected chi connectivity index (χ2v) is 6.63. The van der Waals surface area contributed by atoms with Crippen LogP contribution in [-0.2, 0) is 11.3 Å². The maximum atomic E-state index is 11.9. The van der Waals surface area contributed by atoms with Crippen LogP contribution in [0, 0.1) is 12.8 Å². The number of piperidine rings is 1. The van der Waals surface area contributed by atoms with Gasteiger partial charge in [-0.3, -0.25) is 4.79 Å². The lowest BCUT2D eigenvalue weighted by Gasteiger charge is -2.33. The molecule has 0 aromatic heterocycles. The third-order valence-electron chi connectivity index (χ3n) is 4.13. The number of hydrogen-bond donors (Lipinski definition) is 1. The van der Waals surface area contributed by atoms with Crippen molar-refractivity contribution in [3.05, 3.63) is 34.3 Å². The van der Waals surface area contributed by atoms with Gasteiger partial charge in [0.05, 0.1) is 0 Å². The van der Waals surface area contributed by atoms with Crippen molar-refractivity contribution in [3.8, 4) is 0 Å². The summed E-state index contributed by atoms with van der Waals surface area (Å²) in [7, 11) is 0. The summed E-state index contributed by atoms with van der Waals surface area (Å²) >= 11 is 6.15. The minimum Gasteiger partial charge on any atom is -0.342 e. The highest BCUT2D eigenvalue weighted by atomic mass is 35.5. The number of nitrogens with zero attached hydrogens (tertiary/aromatic N) is 1. The number of rotatable bonds is 4. The Morgan fingerprint density at radius 1 is 1.38 bits per heavy atom. The molecule has 1 heterocycles. The summed E-state index contributed by atoms with van der Waals surface area (Å²) in [5.41, 5.74) is 2.33. The molecule has 0 saturated carbocycles. The normalized spacial score (nSPS) is 16.5. The molecular weight excluding hydrogens is 284 g/mol. The Hall–Kier alpha value is -1.06. The first-order valence-corrected chi connectivity index (χ1v) is 8.12. The van der Waals surface area contributed by atoms with E-state index in [1.54, 1.807) is 0 Å². The third kappa shape index (κ3) is 4.45. The summed E-state index contributed by atoms with van der Waals surface area (Å²) in [6, 6.07) is 6.69. The van der Waals surface area contributed by atoms with Crippen molar-refractivity contribution >= 4 is 17.5 Å². The van der Waals surface area contributed by atoms with E-state index in [2.05, 4.69) is 17.4 Å². The number of nitrogens with one attached hydrogen (secondary N) is 1. The average molecular weight is 309 g/mol. The number of carbonyl (C=O) groups is 1. The minimum atomic E-state index is 0.101. The van der Waals surface area contributed by atoms with Gasteiger partial charge in [0.1, 0.15) is 0 Å². The fourth-order valence-corrected chi connectivity index (χ4v) is 2.88. The summed E-state index contributed by atoms with van der Waals surface area (Å²) in [6.45, 7) is 8.51. The van der Waals surface area contributed by atoms with Gasteiger partial charge in [-0.25, -0.2) is 0 Å². The lowest BCUT2D eigenvalue weighted by atomic mass is 10.0. The SMILES string of the molecule is Cc1ccc(CNC2CCN(C(=O)C(C)C)CC2)cc1Cl. The summed E-state index contributed by atoms with van der Waals surface area (Å²) < 4.78 is 0. The summed E-state index contributed by atoms with van der Waals surface area (Å²) in [4.78, 5) is 13.9. The molecule has 21 heavy (non-hydrogen) atoms. The molecule has 1 N–H and O–H groups in total. The standard InChI is InChI=1S/C17H25ClN2O/c1-12(2)17(21)20-8-6-15(7-9-20)19-11-14-5-4-13(3)16(18)10-14/h4-5,10,12,15,19H,6-9,11H2,1-3H3. The van der Waals surface area contributed by atoms with Gasteiger partial charge in [0.25, 0.3) is 0 Å². The van der Waals surface area contributed by atoms with E-state index >= 15 is 0 Å². The molecule has 1 aliphatic rings. The first kappa shape index (κ1) is 16.3. The van der Waals surface area contributed by atoms with Gasteiger partial charge in [0, 0.05) is 36.6 Å². The second kappa shape index (κ2) is 7.28. The van der Waals surface area contributed by atoms with Gasteiger partial charge in [-0.1, -0.05) is 37.6 Å². The number of carbonyl (C=O) groups excluding carboxylic acids is 1. The number of amides is 1. The summed E-state index contributed by atoms with van der Waals surface area (Å²) in [5.74, 6) is 0.378. The van der Waals surface area contributed by atoms with E-state index in [9.17, 15) is 4.79 Å². The fourth-order valence-electron chi connectivity index (χ4n) is 2.68. The van der Waals surface area contributed by atoms with Crippen molar-refractivity contribution in [2.75, 3.05) is 13.1 Å². The molecule has 1 aliphatic heterocycles. The monoisotopic (exact) mass is 308 g/mol. The zero-order chi connectivity index (χ0) is 15.4. The summed E-state index contributed by atoms with van der Waals surface area (Å²) in [5, 5.41) is 4.40. The van der Waals surface area contributed by atoms with Crippen molar-refractivity contribution in [2.45, 2.75) is 46.2 Å². The molecule has 0 aliphatic carbocycles. The number of likely N-dealkylation sites (tertiary alicyclic amines) is 1. The Morgan fingerprint density at radius 2 is 2.05 bits per heavy atom. The van der Waals surface area contributed by atoms with Crippen LogP contribution >= 0.6 is 11.6 Å². The van der Waals surface area contributed by atoms with E-state index in [1.807, 2.05) is 31.7 Å². The van der Waals surface area contributed by atoms with Crippen LogP contribution in [0.2, 0.25) is 5.02 Å². The van der Waals surface area contributed by atoms with E-state index in [0.717, 1.165) is 43.1 Å². The number of aryl methyl sites for hydroxylation is 1. The molecule has 3 nitrogen and oxygen atoms in total. The summed E-state index contributed by atoms with van der Waals surface area (Å²) in [6.07, 6.45) is 2.05. The number of halogens is 1. The van der Waals surface area contributed by atoms with Crippen LogP contribution in [0.4, 0.5) is 0 Å². The molecule has 1 saturated heterocycles. The Balaban J connectivity index is 1.78. The van der Waals surface area contributed by atoms with Crippen LogP contribution in [0.25, 0.3) is 0 Å². The van der Waals surface area contributed by atoms with Gasteiger partial charge in [-0.2, -0.15) is 0 Å². The third-order valence-corrected chi connectivity index (χ3v) is 4.54. The quantitative estimate of drug-likeness (QED) is 0.925. The average Bonchev–Trinajstić information content (AvgIpc) is 2.48. The molecule has 0 atom stereocenters. The van der Waals surface area contributed by atoms with E-state index in [4.69, 9.17) is 11.6 Å². The molecule has 1 fully saturated rings. The van der Waals surface area contributed by atoms with Crippen LogP contribution in [0.1, 0.15) is 37.8 Å². The van der Waals surface area contributed by atoms with Crippen LogP contribution < -0.4 is 5.32 Å². The van der Waals surface area contributed by atoms with Crippen LogP contribution in [0.15, 0.2) is 18.2 Å². The maximum Gasteiger partial charge on any atom is 0.225 e. The number of hydrogen-bond acceptors (Lipinski definition) is 2. The molecule has 0 unspecified atom stereocenters. The second-order valence-electron chi connectivity index (χ2n) is 6.22. The smallest absolute Gasteiger partial charge is 0.225 e. The highest BCUT2D eigenvalue weighted by Crippen LogP contribution is 2.18. The minimum absolute atomic E-state index is 0.101. The molecule has 2 rings (SSSR count). The topological polar surface area (TPSA) is 32.3 Å². The molecule has 1 amide bonds. The Kier molecular flexibility index (Phi) is 5.65. The molecular formula is C17H25ClN2O. The highest BCUT2D eigenvalue weighted by Gasteiger charge is 2.23. The molecule has 1 aromatic rings. The van der Waals surface area contributed by atoms with Crippen molar-refractivity contribution in [3.63, 3.8) is 0 Å². The van der Waals surface area contributed by atoms with Crippen LogP contribution in [0.3, 0.4) is 0 Å². The predicted molar refractivity (Wildman–Crippen MR) is 87.5 cm³/mol. The first-order valence-electron chi connectivity index (χ1n) is 7.74. The highest BCUT2D eigenvalue weighted by molar-refractivity contribution is 6.31. The predicted octanol–water partition coefficient (Wildman–Crippen LogP) is 3.39. The van der Waals surface area contributed by atoms with Crippen molar-refractivity contribution in [2.24, 2.45) is 5.92 Å². The van der Waals surface area contributed by atoms with Crippen LogP contribution in [0.5, 0.6) is 0 Å². The van der Waals surface area contributed by atoms with Gasteiger partial charge in [-0.15, -0.1) is 0 Å². The fraction of sp³-hybridized carbons (Fsp3) is 0.588. The lowest BCUT2D eigenvalue weighted by molar-refractivity contribution is -0.135. The van der Waals surface area contributed by atoms with Crippen molar-refractivity contribution in [1.82, 2.24) is 10.2 Å².